The van der Waals surface area contributed by atoms with Gasteiger partial charge in [-0.05, 0) is 73.4 Å². The first-order valence-corrected chi connectivity index (χ1v) is 16.6. The second kappa shape index (κ2) is 16.7. The fourth-order valence-electron chi connectivity index (χ4n) is 4.78. The van der Waals surface area contributed by atoms with Crippen molar-refractivity contribution in [3.8, 4) is 23.0 Å². The van der Waals surface area contributed by atoms with E-state index in [2.05, 4.69) is 5.32 Å². The number of anilines is 1. The average molecular weight is 656 g/mol. The van der Waals surface area contributed by atoms with E-state index in [1.54, 1.807) is 43.5 Å². The van der Waals surface area contributed by atoms with E-state index in [1.165, 1.54) is 37.3 Å². The third-order valence-corrected chi connectivity index (χ3v) is 9.01. The lowest BCUT2D eigenvalue weighted by molar-refractivity contribution is -0.140. The van der Waals surface area contributed by atoms with Gasteiger partial charge in [-0.3, -0.25) is 13.9 Å². The molecule has 0 aliphatic heterocycles. The van der Waals surface area contributed by atoms with E-state index >= 15 is 0 Å². The van der Waals surface area contributed by atoms with Crippen LogP contribution in [-0.4, -0.2) is 72.2 Å². The van der Waals surface area contributed by atoms with E-state index in [-0.39, 0.29) is 34.7 Å². The number of methoxy groups -OCH3 is 3. The van der Waals surface area contributed by atoms with Crippen molar-refractivity contribution in [3.63, 3.8) is 0 Å². The maximum atomic E-state index is 14.3. The Balaban J connectivity index is 2.10. The number of hydrogen-bond donors (Lipinski definition) is 1. The molecule has 2 amide bonds. The lowest BCUT2D eigenvalue weighted by Gasteiger charge is -2.33. The molecule has 0 spiro atoms. The van der Waals surface area contributed by atoms with Crippen molar-refractivity contribution >= 4 is 27.5 Å². The summed E-state index contributed by atoms with van der Waals surface area (Å²) in [5, 5.41) is 2.93. The Labute approximate surface area is 272 Å². The van der Waals surface area contributed by atoms with Gasteiger partial charge in [-0.2, -0.15) is 0 Å². The molecule has 0 radical (unpaired) electrons. The molecule has 0 saturated heterocycles. The highest BCUT2D eigenvalue weighted by Gasteiger charge is 2.34. The van der Waals surface area contributed by atoms with Gasteiger partial charge >= 0.3 is 0 Å². The summed E-state index contributed by atoms with van der Waals surface area (Å²) in [4.78, 5) is 29.1. The minimum Gasteiger partial charge on any atom is -0.497 e. The Hall–Kier alpha value is -4.45. The lowest BCUT2D eigenvalue weighted by Crippen LogP contribution is -2.52. The summed E-state index contributed by atoms with van der Waals surface area (Å²) >= 11 is 0. The summed E-state index contributed by atoms with van der Waals surface area (Å²) in [5.41, 5.74) is 0.993. The molecule has 3 aromatic carbocycles. The van der Waals surface area contributed by atoms with Gasteiger partial charge in [0.2, 0.25) is 11.8 Å². The summed E-state index contributed by atoms with van der Waals surface area (Å²) in [7, 11) is 0.0970. The van der Waals surface area contributed by atoms with E-state index in [4.69, 9.17) is 18.9 Å². The molecule has 1 atom stereocenters. The zero-order valence-electron chi connectivity index (χ0n) is 27.6. The lowest BCUT2D eigenvalue weighted by atomic mass is 10.1. The van der Waals surface area contributed by atoms with Crippen LogP contribution in [0.25, 0.3) is 0 Å². The second-order valence-electron chi connectivity index (χ2n) is 10.9. The predicted octanol–water partition coefficient (Wildman–Crippen LogP) is 4.89. The third-order valence-electron chi connectivity index (χ3n) is 7.24. The number of carbonyl (C=O) groups excluding carboxylic acids is 2. The summed E-state index contributed by atoms with van der Waals surface area (Å²) < 4.78 is 51.1. The van der Waals surface area contributed by atoms with Gasteiger partial charge in [0, 0.05) is 19.2 Å². The van der Waals surface area contributed by atoms with Crippen LogP contribution < -0.4 is 28.6 Å². The first-order valence-electron chi connectivity index (χ1n) is 15.2. The molecule has 0 fully saturated rings. The number of sulfonamides is 1. The second-order valence-corrected chi connectivity index (χ2v) is 12.8. The molecule has 0 bridgehead atoms. The molecule has 46 heavy (non-hydrogen) atoms. The summed E-state index contributed by atoms with van der Waals surface area (Å²) in [6, 6.07) is 17.0. The molecular formula is C34H45N3O8S. The number of benzene rings is 3. The Morgan fingerprint density at radius 2 is 1.46 bits per heavy atom. The number of hydrogen-bond acceptors (Lipinski definition) is 8. The highest BCUT2D eigenvalue weighted by atomic mass is 32.2. The number of nitrogens with one attached hydrogen (secondary N) is 1. The van der Waals surface area contributed by atoms with E-state index in [0.717, 1.165) is 9.87 Å². The van der Waals surface area contributed by atoms with E-state index in [1.807, 2.05) is 39.8 Å². The van der Waals surface area contributed by atoms with Crippen molar-refractivity contribution in [2.24, 2.45) is 5.92 Å². The molecule has 12 heteroatoms. The molecular weight excluding hydrogens is 610 g/mol. The normalized spacial score (nSPS) is 11.8. The van der Waals surface area contributed by atoms with Gasteiger partial charge in [0.15, 0.2) is 11.5 Å². The number of amides is 2. The largest absolute Gasteiger partial charge is 0.497 e. The Morgan fingerprint density at radius 3 is 2.00 bits per heavy atom. The molecule has 0 saturated carbocycles. The maximum absolute atomic E-state index is 14.3. The average Bonchev–Trinajstić information content (AvgIpc) is 3.06. The minimum absolute atomic E-state index is 0.0734. The van der Waals surface area contributed by atoms with Crippen LogP contribution in [0.4, 0.5) is 5.69 Å². The van der Waals surface area contributed by atoms with Gasteiger partial charge in [-0.25, -0.2) is 8.42 Å². The molecule has 0 heterocycles. The molecule has 3 aromatic rings. The van der Waals surface area contributed by atoms with Gasteiger partial charge in [-0.15, -0.1) is 0 Å². The SMILES string of the molecule is CCOc1ccc(N(CC(=O)N(Cc2ccc(OC)cc2)C(CC)C(=O)NCC(C)C)S(=O)(=O)c2ccc(OC)c(OC)c2)cc1. The summed E-state index contributed by atoms with van der Waals surface area (Å²) in [6.07, 6.45) is 0.317. The summed E-state index contributed by atoms with van der Waals surface area (Å²) in [6.45, 7) is 8.00. The molecule has 250 valence electrons. The van der Waals surface area contributed by atoms with Crippen molar-refractivity contribution in [2.45, 2.75) is 51.6 Å². The fraction of sp³-hybridized carbons (Fsp3) is 0.412. The third kappa shape index (κ3) is 9.06. The monoisotopic (exact) mass is 655 g/mol. The topological polar surface area (TPSA) is 124 Å². The van der Waals surface area contributed by atoms with Gasteiger partial charge in [0.25, 0.3) is 10.0 Å². The van der Waals surface area contributed by atoms with Crippen molar-refractivity contribution in [1.29, 1.82) is 0 Å². The minimum atomic E-state index is -4.33. The van der Waals surface area contributed by atoms with Gasteiger partial charge < -0.3 is 29.2 Å². The number of carbonyl (C=O) groups is 2. The Bertz CT molecular complexity index is 1540. The van der Waals surface area contributed by atoms with E-state index in [0.29, 0.717) is 36.8 Å². The van der Waals surface area contributed by atoms with Crippen LogP contribution in [-0.2, 0) is 26.2 Å². The first kappa shape index (κ1) is 36.0. The highest BCUT2D eigenvalue weighted by Crippen LogP contribution is 2.33. The van der Waals surface area contributed by atoms with Gasteiger partial charge in [0.05, 0.1) is 38.5 Å². The Morgan fingerprint density at radius 1 is 0.826 bits per heavy atom. The van der Waals surface area contributed by atoms with Crippen molar-refractivity contribution in [2.75, 3.05) is 45.3 Å². The number of ether oxygens (including phenoxy) is 4. The zero-order valence-corrected chi connectivity index (χ0v) is 28.4. The van der Waals surface area contributed by atoms with Gasteiger partial charge in [0.1, 0.15) is 24.1 Å². The standard InChI is InChI=1S/C34H45N3O8S/c1-8-30(34(39)35-21-24(3)4)36(22-25-10-14-27(42-5)15-11-25)33(38)23-37(26-12-16-28(17-13-26)45-9-2)46(40,41)29-18-19-31(43-6)32(20-29)44-7/h10-20,24,30H,8-9,21-23H2,1-7H3,(H,35,39). The maximum Gasteiger partial charge on any atom is 0.264 e. The smallest absolute Gasteiger partial charge is 0.264 e. The molecule has 0 aromatic heterocycles. The van der Waals surface area contributed by atoms with Crippen LogP contribution in [0.2, 0.25) is 0 Å². The van der Waals surface area contributed by atoms with Gasteiger partial charge in [-0.1, -0.05) is 32.9 Å². The van der Waals surface area contributed by atoms with Crippen molar-refractivity contribution in [3.05, 3.63) is 72.3 Å². The Kier molecular flexibility index (Phi) is 13.1. The fourth-order valence-corrected chi connectivity index (χ4v) is 6.21. The van der Waals surface area contributed by atoms with Crippen molar-refractivity contribution < 1.29 is 37.0 Å². The predicted molar refractivity (Wildman–Crippen MR) is 177 cm³/mol. The van der Waals surface area contributed by atoms with E-state index in [9.17, 15) is 18.0 Å². The number of nitrogens with zero attached hydrogens (tertiary/aromatic N) is 2. The molecule has 1 N–H and O–H groups in total. The van der Waals surface area contributed by atoms with E-state index < -0.39 is 28.5 Å². The zero-order chi connectivity index (χ0) is 33.9. The molecule has 0 aliphatic rings. The molecule has 3 rings (SSSR count). The summed E-state index contributed by atoms with van der Waals surface area (Å²) in [5.74, 6) is 1.10. The van der Waals surface area contributed by atoms with Crippen LogP contribution in [0.15, 0.2) is 71.6 Å². The van der Waals surface area contributed by atoms with Crippen LogP contribution >= 0.6 is 0 Å². The quantitative estimate of drug-likeness (QED) is 0.218. The van der Waals surface area contributed by atoms with Crippen molar-refractivity contribution in [1.82, 2.24) is 10.2 Å². The number of rotatable bonds is 17. The first-order chi connectivity index (χ1) is 22.0. The molecule has 1 unspecified atom stereocenters. The van der Waals surface area contributed by atoms with Crippen LogP contribution in [0.1, 0.15) is 39.7 Å². The van der Waals surface area contributed by atoms with Crippen LogP contribution in [0, 0.1) is 5.92 Å². The molecule has 11 nitrogen and oxygen atoms in total. The highest BCUT2D eigenvalue weighted by molar-refractivity contribution is 7.92. The van der Waals surface area contributed by atoms with Crippen LogP contribution in [0.3, 0.4) is 0 Å². The molecule has 0 aliphatic carbocycles. The van der Waals surface area contributed by atoms with Crippen LogP contribution in [0.5, 0.6) is 23.0 Å².